The Labute approximate surface area is 108 Å². The number of nitrogens with zero attached hydrogens (tertiary/aromatic N) is 4. The summed E-state index contributed by atoms with van der Waals surface area (Å²) in [6, 6.07) is 0. The predicted molar refractivity (Wildman–Crippen MR) is 65.6 cm³/mol. The van der Waals surface area contributed by atoms with Crippen LogP contribution in [0.1, 0.15) is 28.8 Å². The average molecular weight is 257 g/mol. The lowest BCUT2D eigenvalue weighted by atomic mass is 10.1. The molecule has 0 saturated heterocycles. The lowest BCUT2D eigenvalue weighted by Gasteiger charge is -2.16. The molecule has 1 aliphatic rings. The molecule has 7 heteroatoms. The highest BCUT2D eigenvalue weighted by molar-refractivity contribution is 5.86. The lowest BCUT2D eigenvalue weighted by molar-refractivity contribution is 0.0696. The van der Waals surface area contributed by atoms with E-state index in [0.29, 0.717) is 5.95 Å². The molecule has 1 saturated carbocycles. The Balaban J connectivity index is 1.80. The van der Waals surface area contributed by atoms with Crippen molar-refractivity contribution < 1.29 is 9.90 Å². The molecule has 0 aromatic carbocycles. The highest BCUT2D eigenvalue weighted by Crippen LogP contribution is 2.47. The number of anilines is 1. The summed E-state index contributed by atoms with van der Waals surface area (Å²) in [5, 5.41) is 12.0. The standard InChI is InChI=1S/C12H11N5O2/c18-10(19)8-3-15-11(16-4-8)17-12(1-2-12)9-5-13-7-14-6-9/h3-7H,1-2H2,(H,18,19)(H,15,16,17). The van der Waals surface area contributed by atoms with Crippen molar-refractivity contribution in [3.8, 4) is 0 Å². The van der Waals surface area contributed by atoms with Gasteiger partial charge >= 0.3 is 5.97 Å². The summed E-state index contributed by atoms with van der Waals surface area (Å²) in [5.74, 6) is -0.629. The van der Waals surface area contributed by atoms with Gasteiger partial charge in [-0.15, -0.1) is 0 Å². The molecule has 19 heavy (non-hydrogen) atoms. The molecular formula is C12H11N5O2. The molecule has 1 fully saturated rings. The third kappa shape index (κ3) is 2.22. The number of carboxylic acid groups (broad SMARTS) is 1. The minimum Gasteiger partial charge on any atom is -0.478 e. The molecule has 2 N–H and O–H groups in total. The molecule has 7 nitrogen and oxygen atoms in total. The van der Waals surface area contributed by atoms with Gasteiger partial charge in [0.05, 0.1) is 11.1 Å². The van der Waals surface area contributed by atoms with Crippen molar-refractivity contribution >= 4 is 11.9 Å². The van der Waals surface area contributed by atoms with E-state index in [1.54, 1.807) is 12.4 Å². The summed E-state index contributed by atoms with van der Waals surface area (Å²) < 4.78 is 0. The van der Waals surface area contributed by atoms with Gasteiger partial charge in [0.15, 0.2) is 0 Å². The Bertz CT molecular complexity index is 595. The molecule has 96 valence electrons. The van der Waals surface area contributed by atoms with Crippen LogP contribution >= 0.6 is 0 Å². The van der Waals surface area contributed by atoms with E-state index in [1.807, 2.05) is 0 Å². The van der Waals surface area contributed by atoms with Crippen LogP contribution in [0.2, 0.25) is 0 Å². The smallest absolute Gasteiger partial charge is 0.338 e. The van der Waals surface area contributed by atoms with Crippen molar-refractivity contribution in [2.24, 2.45) is 0 Å². The predicted octanol–water partition coefficient (Wildman–Crippen LogP) is 1.07. The number of aromatic carboxylic acids is 1. The first-order valence-corrected chi connectivity index (χ1v) is 5.79. The highest BCUT2D eigenvalue weighted by Gasteiger charge is 2.45. The van der Waals surface area contributed by atoms with Crippen molar-refractivity contribution in [3.05, 3.63) is 42.2 Å². The zero-order valence-corrected chi connectivity index (χ0v) is 9.95. The van der Waals surface area contributed by atoms with Crippen LogP contribution in [0.25, 0.3) is 0 Å². The number of hydrogen-bond acceptors (Lipinski definition) is 6. The topological polar surface area (TPSA) is 101 Å². The number of nitrogens with one attached hydrogen (secondary N) is 1. The van der Waals surface area contributed by atoms with Crippen LogP contribution in [-0.2, 0) is 5.54 Å². The second-order valence-electron chi connectivity index (χ2n) is 4.43. The fourth-order valence-electron chi connectivity index (χ4n) is 1.87. The summed E-state index contributed by atoms with van der Waals surface area (Å²) in [7, 11) is 0. The maximum absolute atomic E-state index is 10.7. The fourth-order valence-corrected chi connectivity index (χ4v) is 1.87. The zero-order valence-electron chi connectivity index (χ0n) is 9.95. The molecule has 1 aliphatic carbocycles. The lowest BCUT2D eigenvalue weighted by Crippen LogP contribution is -2.21. The molecule has 0 aliphatic heterocycles. The van der Waals surface area contributed by atoms with Gasteiger partial charge in [0.25, 0.3) is 0 Å². The van der Waals surface area contributed by atoms with Crippen LogP contribution in [0, 0.1) is 0 Å². The van der Waals surface area contributed by atoms with Gasteiger partial charge in [-0.05, 0) is 12.8 Å². The summed E-state index contributed by atoms with van der Waals surface area (Å²) in [6.45, 7) is 0. The van der Waals surface area contributed by atoms with Crippen LogP contribution in [0.3, 0.4) is 0 Å². The van der Waals surface area contributed by atoms with Gasteiger partial charge in [0, 0.05) is 30.4 Å². The van der Waals surface area contributed by atoms with E-state index in [9.17, 15) is 4.79 Å². The molecule has 0 bridgehead atoms. The maximum atomic E-state index is 10.7. The number of rotatable bonds is 4. The van der Waals surface area contributed by atoms with E-state index >= 15 is 0 Å². The van der Waals surface area contributed by atoms with Gasteiger partial charge in [-0.1, -0.05) is 0 Å². The zero-order chi connectivity index (χ0) is 13.3. The van der Waals surface area contributed by atoms with E-state index in [4.69, 9.17) is 5.11 Å². The third-order valence-electron chi connectivity index (χ3n) is 3.11. The average Bonchev–Trinajstić information content (AvgIpc) is 3.21. The largest absolute Gasteiger partial charge is 0.478 e. The number of carboxylic acids is 1. The first-order valence-electron chi connectivity index (χ1n) is 5.79. The van der Waals surface area contributed by atoms with Crippen molar-refractivity contribution in [3.63, 3.8) is 0 Å². The first-order chi connectivity index (χ1) is 9.20. The molecular weight excluding hydrogens is 246 g/mol. The minimum absolute atomic E-state index is 0.0680. The normalized spacial score (nSPS) is 15.8. The summed E-state index contributed by atoms with van der Waals surface area (Å²) in [6.07, 6.45) is 9.48. The minimum atomic E-state index is -1.04. The van der Waals surface area contributed by atoms with Gasteiger partial charge in [-0.25, -0.2) is 24.7 Å². The molecule has 0 radical (unpaired) electrons. The summed E-state index contributed by atoms with van der Waals surface area (Å²) in [4.78, 5) is 26.7. The molecule has 2 aromatic heterocycles. The summed E-state index contributed by atoms with van der Waals surface area (Å²) in [5.41, 5.74) is 0.839. The monoisotopic (exact) mass is 257 g/mol. The molecule has 0 amide bonds. The molecule has 3 rings (SSSR count). The van der Waals surface area contributed by atoms with Crippen LogP contribution in [0.5, 0.6) is 0 Å². The van der Waals surface area contributed by atoms with Crippen LogP contribution < -0.4 is 5.32 Å². The van der Waals surface area contributed by atoms with E-state index in [0.717, 1.165) is 18.4 Å². The maximum Gasteiger partial charge on any atom is 0.338 e. The Kier molecular flexibility index (Phi) is 2.59. The van der Waals surface area contributed by atoms with Crippen molar-refractivity contribution in [2.45, 2.75) is 18.4 Å². The fraction of sp³-hybridized carbons (Fsp3) is 0.250. The molecule has 0 unspecified atom stereocenters. The van der Waals surface area contributed by atoms with Gasteiger partial charge in [-0.3, -0.25) is 0 Å². The van der Waals surface area contributed by atoms with E-state index in [1.165, 1.54) is 18.7 Å². The molecule has 2 heterocycles. The van der Waals surface area contributed by atoms with Crippen LogP contribution in [0.15, 0.2) is 31.1 Å². The quantitative estimate of drug-likeness (QED) is 0.844. The van der Waals surface area contributed by atoms with Crippen LogP contribution in [-0.4, -0.2) is 31.0 Å². The molecule has 0 atom stereocenters. The second-order valence-corrected chi connectivity index (χ2v) is 4.43. The third-order valence-corrected chi connectivity index (χ3v) is 3.11. The first kappa shape index (κ1) is 11.5. The van der Waals surface area contributed by atoms with E-state index in [2.05, 4.69) is 25.3 Å². The Morgan fingerprint density at radius 1 is 1.16 bits per heavy atom. The number of hydrogen-bond donors (Lipinski definition) is 2. The second kappa shape index (κ2) is 4.27. The van der Waals surface area contributed by atoms with E-state index in [-0.39, 0.29) is 11.1 Å². The number of aromatic nitrogens is 4. The highest BCUT2D eigenvalue weighted by atomic mass is 16.4. The van der Waals surface area contributed by atoms with Crippen molar-refractivity contribution in [1.29, 1.82) is 0 Å². The van der Waals surface area contributed by atoms with Gasteiger partial charge in [0.1, 0.15) is 6.33 Å². The van der Waals surface area contributed by atoms with Gasteiger partial charge < -0.3 is 10.4 Å². The Hall–Kier alpha value is -2.57. The van der Waals surface area contributed by atoms with Crippen molar-refractivity contribution in [2.75, 3.05) is 5.32 Å². The van der Waals surface area contributed by atoms with Crippen molar-refractivity contribution in [1.82, 2.24) is 19.9 Å². The van der Waals surface area contributed by atoms with E-state index < -0.39 is 5.97 Å². The van der Waals surface area contributed by atoms with Gasteiger partial charge in [0.2, 0.25) is 5.95 Å². The summed E-state index contributed by atoms with van der Waals surface area (Å²) >= 11 is 0. The van der Waals surface area contributed by atoms with Gasteiger partial charge in [-0.2, -0.15) is 0 Å². The molecule has 0 spiro atoms. The Morgan fingerprint density at radius 2 is 1.79 bits per heavy atom. The SMILES string of the molecule is O=C(O)c1cnc(NC2(c3cncnc3)CC2)nc1. The van der Waals surface area contributed by atoms with Crippen LogP contribution in [0.4, 0.5) is 5.95 Å². The molecule has 2 aromatic rings. The number of carbonyl (C=O) groups is 1. The Morgan fingerprint density at radius 3 is 2.32 bits per heavy atom.